The van der Waals surface area contributed by atoms with Gasteiger partial charge in [0, 0.05) is 34.8 Å². The zero-order valence-electron chi connectivity index (χ0n) is 20.1. The maximum atomic E-state index is 14.4. The molecule has 13 heteroatoms. The highest BCUT2D eigenvalue weighted by atomic mass is 19.1. The SMILES string of the molecule is [B]C1([B])Oc2ccc(Cc3cc([C@@H]4O[C@H](CO)[C@@H](F)[C@H](O)[C@H]4O)c(OC)c4c3OCC4)cc2OC1([B])[B]. The number of hydrogen-bond donors (Lipinski definition) is 3. The maximum Gasteiger partial charge on any atom is 0.159 e. The molecular formula is C24H23B4FO8. The molecule has 8 nitrogen and oxygen atoms in total. The number of ether oxygens (including phenoxy) is 5. The van der Waals surface area contributed by atoms with E-state index in [-0.39, 0.29) is 11.5 Å². The van der Waals surface area contributed by atoms with Crippen LogP contribution in [0.25, 0.3) is 0 Å². The van der Waals surface area contributed by atoms with Crippen LogP contribution in [-0.2, 0) is 17.6 Å². The van der Waals surface area contributed by atoms with Gasteiger partial charge in [0.05, 0.1) is 20.3 Å². The second kappa shape index (κ2) is 9.45. The van der Waals surface area contributed by atoms with Crippen LogP contribution in [0.2, 0.25) is 0 Å². The van der Waals surface area contributed by atoms with E-state index in [2.05, 4.69) is 0 Å². The molecule has 0 amide bonds. The fourth-order valence-electron chi connectivity index (χ4n) is 4.94. The lowest BCUT2D eigenvalue weighted by molar-refractivity contribution is -0.214. The summed E-state index contributed by atoms with van der Waals surface area (Å²) in [5.74, 6) is 1.52. The van der Waals surface area contributed by atoms with Crippen molar-refractivity contribution in [3.05, 3.63) is 46.5 Å². The summed E-state index contributed by atoms with van der Waals surface area (Å²) in [6.45, 7) is -0.262. The van der Waals surface area contributed by atoms with Gasteiger partial charge in [-0.05, 0) is 29.3 Å². The molecular weight excluding hydrogens is 479 g/mol. The summed E-state index contributed by atoms with van der Waals surface area (Å²) < 4.78 is 42.8. The average Bonchev–Trinajstić information content (AvgIpc) is 3.33. The smallest absolute Gasteiger partial charge is 0.159 e. The van der Waals surface area contributed by atoms with E-state index in [1.807, 2.05) is 0 Å². The van der Waals surface area contributed by atoms with Crippen molar-refractivity contribution in [3.8, 4) is 23.0 Å². The molecule has 5 atom stereocenters. The highest BCUT2D eigenvalue weighted by molar-refractivity contribution is 6.53. The van der Waals surface area contributed by atoms with Gasteiger partial charge in [-0.2, -0.15) is 0 Å². The number of aliphatic hydroxyl groups is 3. The summed E-state index contributed by atoms with van der Waals surface area (Å²) in [7, 11) is 24.9. The van der Waals surface area contributed by atoms with Gasteiger partial charge in [0.2, 0.25) is 0 Å². The third-order valence-corrected chi connectivity index (χ3v) is 6.95. The summed E-state index contributed by atoms with van der Waals surface area (Å²) in [6, 6.07) is 6.79. The number of rotatable bonds is 5. The Morgan fingerprint density at radius 1 is 1.05 bits per heavy atom. The molecule has 0 saturated carbocycles. The molecule has 3 heterocycles. The molecule has 3 aliphatic heterocycles. The molecule has 8 radical (unpaired) electrons. The Kier molecular flexibility index (Phi) is 6.71. The highest BCUT2D eigenvalue weighted by Gasteiger charge is 2.47. The van der Waals surface area contributed by atoms with Gasteiger partial charge in [-0.15, -0.1) is 0 Å². The topological polar surface area (TPSA) is 107 Å². The van der Waals surface area contributed by atoms with Crippen LogP contribution in [0.4, 0.5) is 4.39 Å². The van der Waals surface area contributed by atoms with Gasteiger partial charge in [0.1, 0.15) is 67.3 Å². The van der Waals surface area contributed by atoms with Crippen molar-refractivity contribution in [2.75, 3.05) is 20.3 Å². The van der Waals surface area contributed by atoms with Crippen LogP contribution >= 0.6 is 0 Å². The van der Waals surface area contributed by atoms with E-state index in [9.17, 15) is 19.7 Å². The maximum absolute atomic E-state index is 14.4. The van der Waals surface area contributed by atoms with E-state index in [0.717, 1.165) is 11.1 Å². The molecule has 2 aromatic rings. The summed E-state index contributed by atoms with van der Waals surface area (Å²) in [6.07, 6.45) is -6.91. The first-order valence-corrected chi connectivity index (χ1v) is 11.8. The van der Waals surface area contributed by atoms with Crippen LogP contribution in [0.15, 0.2) is 24.3 Å². The van der Waals surface area contributed by atoms with Gasteiger partial charge in [0.15, 0.2) is 17.7 Å². The highest BCUT2D eigenvalue weighted by Crippen LogP contribution is 2.47. The van der Waals surface area contributed by atoms with Crippen molar-refractivity contribution in [1.82, 2.24) is 0 Å². The second-order valence-corrected chi connectivity index (χ2v) is 9.52. The normalized spacial score (nSPS) is 29.3. The molecule has 5 rings (SSSR count). The van der Waals surface area contributed by atoms with Crippen molar-refractivity contribution < 1.29 is 43.4 Å². The third kappa shape index (κ3) is 4.39. The van der Waals surface area contributed by atoms with Gasteiger partial charge < -0.3 is 39.0 Å². The Labute approximate surface area is 219 Å². The minimum Gasteiger partial charge on any atom is -0.501 e. The average molecular weight is 502 g/mol. The minimum absolute atomic E-state index is 0.245. The summed E-state index contributed by atoms with van der Waals surface area (Å²) in [5.41, 5.74) is 2.62. The molecule has 37 heavy (non-hydrogen) atoms. The first-order chi connectivity index (χ1) is 17.5. The van der Waals surface area contributed by atoms with Crippen molar-refractivity contribution in [2.24, 2.45) is 0 Å². The molecule has 0 unspecified atom stereocenters. The van der Waals surface area contributed by atoms with Crippen LogP contribution in [0.5, 0.6) is 23.0 Å². The Bertz CT molecular complexity index is 1190. The zero-order chi connectivity index (χ0) is 26.7. The molecule has 0 aromatic heterocycles. The number of halogens is 1. The predicted octanol–water partition coefficient (Wildman–Crippen LogP) is -0.534. The van der Waals surface area contributed by atoms with E-state index in [1.54, 1.807) is 24.3 Å². The number of fused-ring (bicyclic) bond motifs is 2. The molecule has 1 saturated heterocycles. The number of methoxy groups -OCH3 is 1. The van der Waals surface area contributed by atoms with Crippen molar-refractivity contribution in [2.45, 2.75) is 54.2 Å². The number of benzene rings is 2. The van der Waals surface area contributed by atoms with Crippen molar-refractivity contribution in [3.63, 3.8) is 0 Å². The molecule has 1 fully saturated rings. The quantitative estimate of drug-likeness (QED) is 0.470. The van der Waals surface area contributed by atoms with Gasteiger partial charge in [-0.3, -0.25) is 0 Å². The van der Waals surface area contributed by atoms with Crippen molar-refractivity contribution in [1.29, 1.82) is 0 Å². The lowest BCUT2D eigenvalue weighted by atomic mass is 9.41. The Morgan fingerprint density at radius 3 is 2.43 bits per heavy atom. The molecule has 0 aliphatic carbocycles. The first kappa shape index (κ1) is 26.3. The Hall–Kier alpha value is -2.33. The largest absolute Gasteiger partial charge is 0.501 e. The number of hydrogen-bond acceptors (Lipinski definition) is 8. The zero-order valence-corrected chi connectivity index (χ0v) is 20.1. The molecule has 0 bridgehead atoms. The van der Waals surface area contributed by atoms with Crippen molar-refractivity contribution >= 4 is 31.4 Å². The van der Waals surface area contributed by atoms with Crippen LogP contribution in [0.3, 0.4) is 0 Å². The predicted molar refractivity (Wildman–Crippen MR) is 133 cm³/mol. The van der Waals surface area contributed by atoms with Crippen LogP contribution < -0.4 is 18.9 Å². The summed E-state index contributed by atoms with van der Waals surface area (Å²) in [4.78, 5) is 0. The monoisotopic (exact) mass is 502 g/mol. The van der Waals surface area contributed by atoms with E-state index < -0.39 is 48.0 Å². The Morgan fingerprint density at radius 2 is 1.76 bits per heavy atom. The van der Waals surface area contributed by atoms with Crippen LogP contribution in [0, 0.1) is 0 Å². The third-order valence-electron chi connectivity index (χ3n) is 6.95. The second-order valence-electron chi connectivity index (χ2n) is 9.52. The summed E-state index contributed by atoms with van der Waals surface area (Å²) in [5, 5.41) is 26.6. The molecule has 2 aromatic carbocycles. The fraction of sp³-hybridized carbons (Fsp3) is 0.500. The van der Waals surface area contributed by atoms with Gasteiger partial charge >= 0.3 is 0 Å². The fourth-order valence-corrected chi connectivity index (χ4v) is 4.94. The number of alkyl halides is 1. The van der Waals surface area contributed by atoms with Gasteiger partial charge in [-0.1, -0.05) is 6.07 Å². The van der Waals surface area contributed by atoms with Gasteiger partial charge in [-0.25, -0.2) is 4.39 Å². The molecule has 3 N–H and O–H groups in total. The molecule has 186 valence electrons. The minimum atomic E-state index is -1.98. The number of aliphatic hydroxyl groups excluding tert-OH is 3. The van der Waals surface area contributed by atoms with Gasteiger partial charge in [0.25, 0.3) is 0 Å². The van der Waals surface area contributed by atoms with E-state index in [0.29, 0.717) is 42.1 Å². The van der Waals surface area contributed by atoms with E-state index in [4.69, 9.17) is 55.1 Å². The summed E-state index contributed by atoms with van der Waals surface area (Å²) >= 11 is 0. The molecule has 3 aliphatic rings. The Balaban J connectivity index is 1.53. The van der Waals surface area contributed by atoms with E-state index in [1.165, 1.54) is 7.11 Å². The lowest BCUT2D eigenvalue weighted by Gasteiger charge is -2.48. The van der Waals surface area contributed by atoms with Crippen LogP contribution in [-0.4, -0.2) is 102 Å². The lowest BCUT2D eigenvalue weighted by Crippen LogP contribution is -2.65. The van der Waals surface area contributed by atoms with Crippen LogP contribution in [0.1, 0.15) is 28.4 Å². The standard InChI is InChI=1S/C24H23B4FO8/c1-33-21-12-4-5-34-20(12)11(8-13(21)22-19(32)18(31)17(29)16(9-30)35-22)6-10-2-3-14-15(7-10)37-24(27,28)23(25,26)36-14/h2-3,7-8,16-19,22,30-32H,4-6,9H2,1H3/t16-,17-,18+,19-,22+/m1/s1. The molecule has 0 spiro atoms. The first-order valence-electron chi connectivity index (χ1n) is 11.8. The van der Waals surface area contributed by atoms with E-state index >= 15 is 0 Å².